The highest BCUT2D eigenvalue weighted by Gasteiger charge is 2.24. The predicted molar refractivity (Wildman–Crippen MR) is 114 cm³/mol. The molecule has 0 saturated carbocycles. The van der Waals surface area contributed by atoms with E-state index in [0.29, 0.717) is 55.8 Å². The van der Waals surface area contributed by atoms with E-state index >= 15 is 0 Å². The summed E-state index contributed by atoms with van der Waals surface area (Å²) in [4.78, 5) is 29.7. The first-order chi connectivity index (χ1) is 14.5. The van der Waals surface area contributed by atoms with Gasteiger partial charge in [0.05, 0.1) is 6.61 Å². The summed E-state index contributed by atoms with van der Waals surface area (Å²) in [6, 6.07) is 10.5. The van der Waals surface area contributed by atoms with Gasteiger partial charge in [0.15, 0.2) is 0 Å². The standard InChI is InChI=1S/C22H25N5O3/c1-15(2)13-30-20-12-19(23-14-24-20)26-8-10-27(11-9-26)22(29)17-7-6-16-4-3-5-18(28)21(16)25-17/h3-7,12,14-15,28H,8-11,13H2,1-2H3. The highest BCUT2D eigenvalue weighted by molar-refractivity contribution is 5.96. The Morgan fingerprint density at radius 2 is 1.93 bits per heavy atom. The van der Waals surface area contributed by atoms with Crippen molar-refractivity contribution < 1.29 is 14.6 Å². The molecule has 0 atom stereocenters. The van der Waals surface area contributed by atoms with Gasteiger partial charge < -0.3 is 19.6 Å². The predicted octanol–water partition coefficient (Wildman–Crippen LogP) is 2.73. The minimum Gasteiger partial charge on any atom is -0.506 e. The maximum absolute atomic E-state index is 12.9. The van der Waals surface area contributed by atoms with E-state index in [-0.39, 0.29) is 11.7 Å². The van der Waals surface area contributed by atoms with Crippen LogP contribution >= 0.6 is 0 Å². The molecule has 156 valence electrons. The molecule has 4 rings (SSSR count). The van der Waals surface area contributed by atoms with Crippen LogP contribution in [0.4, 0.5) is 5.82 Å². The number of pyridine rings is 1. The Balaban J connectivity index is 1.41. The lowest BCUT2D eigenvalue weighted by molar-refractivity contribution is 0.0741. The van der Waals surface area contributed by atoms with Crippen LogP contribution in [0.25, 0.3) is 10.9 Å². The number of phenols is 1. The molecular formula is C22H25N5O3. The molecule has 1 fully saturated rings. The molecule has 1 aromatic carbocycles. The summed E-state index contributed by atoms with van der Waals surface area (Å²) in [5, 5.41) is 10.8. The summed E-state index contributed by atoms with van der Waals surface area (Å²) < 4.78 is 5.69. The van der Waals surface area contributed by atoms with Gasteiger partial charge in [-0.15, -0.1) is 0 Å². The molecule has 1 N–H and O–H groups in total. The first kappa shape index (κ1) is 19.9. The van der Waals surface area contributed by atoms with E-state index < -0.39 is 0 Å². The molecule has 2 aromatic heterocycles. The van der Waals surface area contributed by atoms with E-state index in [9.17, 15) is 9.90 Å². The van der Waals surface area contributed by atoms with Gasteiger partial charge >= 0.3 is 0 Å². The van der Waals surface area contributed by atoms with Gasteiger partial charge in [-0.2, -0.15) is 0 Å². The van der Waals surface area contributed by atoms with Gasteiger partial charge in [0.2, 0.25) is 5.88 Å². The van der Waals surface area contributed by atoms with Crippen LogP contribution in [0.2, 0.25) is 0 Å². The summed E-state index contributed by atoms with van der Waals surface area (Å²) in [6.45, 7) is 7.22. The molecule has 30 heavy (non-hydrogen) atoms. The van der Waals surface area contributed by atoms with Crippen LogP contribution < -0.4 is 9.64 Å². The van der Waals surface area contributed by atoms with Crippen molar-refractivity contribution in [1.29, 1.82) is 0 Å². The second-order valence-corrected chi connectivity index (χ2v) is 7.74. The maximum atomic E-state index is 12.9. The molecule has 8 nitrogen and oxygen atoms in total. The lowest BCUT2D eigenvalue weighted by Crippen LogP contribution is -2.49. The van der Waals surface area contributed by atoms with Crippen LogP contribution in [0.1, 0.15) is 24.3 Å². The minimum atomic E-state index is -0.136. The number of aromatic hydroxyl groups is 1. The number of carbonyl (C=O) groups excluding carboxylic acids is 1. The third-order valence-electron chi connectivity index (χ3n) is 5.00. The van der Waals surface area contributed by atoms with Crippen molar-refractivity contribution in [3.05, 3.63) is 48.4 Å². The number of fused-ring (bicyclic) bond motifs is 1. The lowest BCUT2D eigenvalue weighted by Gasteiger charge is -2.35. The fourth-order valence-electron chi connectivity index (χ4n) is 3.38. The summed E-state index contributed by atoms with van der Waals surface area (Å²) in [7, 11) is 0. The molecule has 0 bridgehead atoms. The summed E-state index contributed by atoms with van der Waals surface area (Å²) in [5.74, 6) is 1.72. The fourth-order valence-corrected chi connectivity index (χ4v) is 3.38. The number of aromatic nitrogens is 3. The smallest absolute Gasteiger partial charge is 0.272 e. The number of ether oxygens (including phenoxy) is 1. The Morgan fingerprint density at radius 3 is 2.70 bits per heavy atom. The number of anilines is 1. The van der Waals surface area contributed by atoms with Crippen molar-refractivity contribution in [1.82, 2.24) is 19.9 Å². The third-order valence-corrected chi connectivity index (χ3v) is 5.00. The van der Waals surface area contributed by atoms with Crippen LogP contribution in [0.3, 0.4) is 0 Å². The van der Waals surface area contributed by atoms with Gasteiger partial charge in [0.25, 0.3) is 5.91 Å². The van der Waals surface area contributed by atoms with Crippen LogP contribution in [-0.2, 0) is 0 Å². The number of hydrogen-bond acceptors (Lipinski definition) is 7. The Bertz CT molecular complexity index is 1050. The van der Waals surface area contributed by atoms with E-state index in [0.717, 1.165) is 11.2 Å². The van der Waals surface area contributed by atoms with Crippen LogP contribution in [0.5, 0.6) is 11.6 Å². The fraction of sp³-hybridized carbons (Fsp3) is 0.364. The van der Waals surface area contributed by atoms with Gasteiger partial charge in [0.1, 0.15) is 29.1 Å². The summed E-state index contributed by atoms with van der Waals surface area (Å²) in [5.41, 5.74) is 0.778. The quantitative estimate of drug-likeness (QED) is 0.695. The number of nitrogens with zero attached hydrogens (tertiary/aromatic N) is 5. The SMILES string of the molecule is CC(C)COc1cc(N2CCN(C(=O)c3ccc4cccc(O)c4n3)CC2)ncn1. The van der Waals surface area contributed by atoms with Crippen molar-refractivity contribution in [3.8, 4) is 11.6 Å². The van der Waals surface area contributed by atoms with Crippen LogP contribution in [0.15, 0.2) is 42.7 Å². The lowest BCUT2D eigenvalue weighted by atomic mass is 10.1. The maximum Gasteiger partial charge on any atom is 0.272 e. The van der Waals surface area contributed by atoms with E-state index in [1.807, 2.05) is 18.2 Å². The van der Waals surface area contributed by atoms with Crippen LogP contribution in [0, 0.1) is 5.92 Å². The average Bonchev–Trinajstić information content (AvgIpc) is 2.77. The number of phenolic OH excluding ortho intramolecular Hbond substituents is 1. The number of hydrogen-bond donors (Lipinski definition) is 1. The van der Waals surface area contributed by atoms with Gasteiger partial charge in [-0.3, -0.25) is 4.79 Å². The first-order valence-electron chi connectivity index (χ1n) is 10.1. The third kappa shape index (κ3) is 4.27. The molecule has 1 amide bonds. The van der Waals surface area contributed by atoms with E-state index in [2.05, 4.69) is 33.7 Å². The van der Waals surface area contributed by atoms with Crippen molar-refractivity contribution in [2.45, 2.75) is 13.8 Å². The van der Waals surface area contributed by atoms with E-state index in [4.69, 9.17) is 4.74 Å². The highest BCUT2D eigenvalue weighted by Crippen LogP contribution is 2.23. The zero-order valence-electron chi connectivity index (χ0n) is 17.2. The largest absolute Gasteiger partial charge is 0.506 e. The van der Waals surface area contributed by atoms with Crippen molar-refractivity contribution in [2.75, 3.05) is 37.7 Å². The summed E-state index contributed by atoms with van der Waals surface area (Å²) in [6.07, 6.45) is 1.51. The monoisotopic (exact) mass is 407 g/mol. The average molecular weight is 407 g/mol. The minimum absolute atomic E-state index is 0.0752. The molecule has 0 radical (unpaired) electrons. The molecule has 0 unspecified atom stereocenters. The molecule has 1 aliphatic heterocycles. The number of rotatable bonds is 5. The first-order valence-corrected chi connectivity index (χ1v) is 10.1. The molecule has 0 spiro atoms. The Hall–Kier alpha value is -3.42. The number of benzene rings is 1. The highest BCUT2D eigenvalue weighted by atomic mass is 16.5. The van der Waals surface area contributed by atoms with Gasteiger partial charge in [-0.05, 0) is 18.1 Å². The van der Waals surface area contributed by atoms with Crippen molar-refractivity contribution in [2.24, 2.45) is 5.92 Å². The molecule has 3 aromatic rings. The summed E-state index contributed by atoms with van der Waals surface area (Å²) >= 11 is 0. The topological polar surface area (TPSA) is 91.7 Å². The number of amides is 1. The zero-order chi connectivity index (χ0) is 21.1. The molecule has 1 saturated heterocycles. The number of piperazine rings is 1. The van der Waals surface area contributed by atoms with Crippen molar-refractivity contribution in [3.63, 3.8) is 0 Å². The Morgan fingerprint density at radius 1 is 1.13 bits per heavy atom. The second kappa shape index (κ2) is 8.52. The second-order valence-electron chi connectivity index (χ2n) is 7.74. The van der Waals surface area contributed by atoms with Gasteiger partial charge in [0, 0.05) is 37.6 Å². The number of para-hydroxylation sites is 1. The molecule has 0 aliphatic carbocycles. The van der Waals surface area contributed by atoms with Crippen molar-refractivity contribution >= 4 is 22.6 Å². The zero-order valence-corrected chi connectivity index (χ0v) is 17.2. The Labute approximate surface area is 175 Å². The Kier molecular flexibility index (Phi) is 5.65. The normalized spacial score (nSPS) is 14.4. The molecular weight excluding hydrogens is 382 g/mol. The molecule has 8 heteroatoms. The van der Waals surface area contributed by atoms with Gasteiger partial charge in [-0.25, -0.2) is 15.0 Å². The number of carbonyl (C=O) groups is 1. The molecule has 3 heterocycles. The van der Waals surface area contributed by atoms with E-state index in [1.54, 1.807) is 23.1 Å². The molecule has 1 aliphatic rings. The van der Waals surface area contributed by atoms with Gasteiger partial charge in [-0.1, -0.05) is 32.0 Å². The van der Waals surface area contributed by atoms with Crippen LogP contribution in [-0.4, -0.2) is 63.7 Å². The van der Waals surface area contributed by atoms with E-state index in [1.165, 1.54) is 6.33 Å².